The highest BCUT2D eigenvalue weighted by atomic mass is 19.4. The van der Waals surface area contributed by atoms with E-state index in [2.05, 4.69) is 10.1 Å². The number of alkyl halides is 3. The van der Waals surface area contributed by atoms with Gasteiger partial charge in [-0.2, -0.15) is 0 Å². The summed E-state index contributed by atoms with van der Waals surface area (Å²) in [7, 11) is 1.83. The van der Waals surface area contributed by atoms with Crippen molar-refractivity contribution < 1.29 is 27.5 Å². The summed E-state index contributed by atoms with van der Waals surface area (Å²) < 4.78 is 40.4. The average molecular weight is 434 g/mol. The molecule has 2 amide bonds. The lowest BCUT2D eigenvalue weighted by atomic mass is 9.94. The zero-order chi connectivity index (χ0) is 22.4. The maximum absolute atomic E-state index is 12.7. The van der Waals surface area contributed by atoms with E-state index in [1.54, 1.807) is 29.2 Å². The molecule has 1 saturated carbocycles. The van der Waals surface area contributed by atoms with Crippen LogP contribution in [0.1, 0.15) is 48.0 Å². The molecule has 5 nitrogen and oxygen atoms in total. The molecule has 0 spiro atoms. The predicted molar refractivity (Wildman–Crippen MR) is 111 cm³/mol. The van der Waals surface area contributed by atoms with Crippen molar-refractivity contribution >= 4 is 17.5 Å². The molecule has 1 fully saturated rings. The Balaban J connectivity index is 1.53. The quantitative estimate of drug-likeness (QED) is 0.682. The monoisotopic (exact) mass is 434 g/mol. The number of carbonyl (C=O) groups excluding carboxylic acids is 2. The maximum Gasteiger partial charge on any atom is 0.573 e. The van der Waals surface area contributed by atoms with Crippen LogP contribution in [0.4, 0.5) is 18.9 Å². The number of anilines is 1. The summed E-state index contributed by atoms with van der Waals surface area (Å²) in [4.78, 5) is 26.7. The van der Waals surface area contributed by atoms with E-state index in [-0.39, 0.29) is 30.0 Å². The number of amides is 2. The standard InChI is InChI=1S/C23H25F3N2O3/c1-28(19-5-3-2-4-6-19)22(30)17-9-11-18(12-10-17)27-21(29)15-16-7-13-20(14-8-16)31-23(24,25)26/h7-14,19H,2-6,15H2,1H3,(H,27,29). The molecule has 0 unspecified atom stereocenters. The molecule has 8 heteroatoms. The number of carbonyl (C=O) groups is 2. The Morgan fingerprint density at radius 1 is 1.00 bits per heavy atom. The fourth-order valence-electron chi connectivity index (χ4n) is 3.73. The highest BCUT2D eigenvalue weighted by molar-refractivity contribution is 5.96. The van der Waals surface area contributed by atoms with Crippen LogP contribution in [0.2, 0.25) is 0 Å². The zero-order valence-electron chi connectivity index (χ0n) is 17.2. The van der Waals surface area contributed by atoms with Crippen molar-refractivity contribution in [3.8, 4) is 5.75 Å². The summed E-state index contributed by atoms with van der Waals surface area (Å²) in [5, 5.41) is 2.73. The van der Waals surface area contributed by atoms with E-state index in [9.17, 15) is 22.8 Å². The minimum absolute atomic E-state index is 0.00258. The largest absolute Gasteiger partial charge is 0.573 e. The molecule has 166 valence electrons. The number of hydrogen-bond donors (Lipinski definition) is 1. The molecule has 0 saturated heterocycles. The van der Waals surface area contributed by atoms with Gasteiger partial charge >= 0.3 is 6.36 Å². The summed E-state index contributed by atoms with van der Waals surface area (Å²) in [6.07, 6.45) is 0.809. The molecule has 0 atom stereocenters. The van der Waals surface area contributed by atoms with Crippen LogP contribution in [0.5, 0.6) is 5.75 Å². The Kier molecular flexibility index (Phi) is 7.20. The van der Waals surface area contributed by atoms with E-state index >= 15 is 0 Å². The minimum atomic E-state index is -4.75. The minimum Gasteiger partial charge on any atom is -0.406 e. The first-order valence-electron chi connectivity index (χ1n) is 10.2. The van der Waals surface area contributed by atoms with Crippen molar-refractivity contribution in [3.05, 3.63) is 59.7 Å². The Bertz CT molecular complexity index is 890. The van der Waals surface area contributed by atoms with Crippen LogP contribution in [0.25, 0.3) is 0 Å². The van der Waals surface area contributed by atoms with Gasteiger partial charge in [0, 0.05) is 24.3 Å². The molecule has 1 N–H and O–H groups in total. The van der Waals surface area contributed by atoms with Gasteiger partial charge in [-0.15, -0.1) is 13.2 Å². The average Bonchev–Trinajstić information content (AvgIpc) is 2.74. The number of benzene rings is 2. The third kappa shape index (κ3) is 6.73. The third-order valence-corrected chi connectivity index (χ3v) is 5.38. The van der Waals surface area contributed by atoms with Crippen LogP contribution in [0.3, 0.4) is 0 Å². The van der Waals surface area contributed by atoms with E-state index in [1.165, 1.54) is 30.7 Å². The van der Waals surface area contributed by atoms with Gasteiger partial charge in [-0.1, -0.05) is 31.4 Å². The number of nitrogens with zero attached hydrogens (tertiary/aromatic N) is 1. The Labute approximate surface area is 179 Å². The van der Waals surface area contributed by atoms with Crippen LogP contribution >= 0.6 is 0 Å². The van der Waals surface area contributed by atoms with Gasteiger partial charge in [-0.25, -0.2) is 0 Å². The van der Waals surface area contributed by atoms with Crippen molar-refractivity contribution in [1.29, 1.82) is 0 Å². The van der Waals surface area contributed by atoms with E-state index in [0.717, 1.165) is 25.7 Å². The van der Waals surface area contributed by atoms with Crippen molar-refractivity contribution in [2.75, 3.05) is 12.4 Å². The van der Waals surface area contributed by atoms with Gasteiger partial charge in [0.1, 0.15) is 5.75 Å². The molecule has 0 aromatic heterocycles. The molecule has 0 aliphatic heterocycles. The third-order valence-electron chi connectivity index (χ3n) is 5.38. The fourth-order valence-corrected chi connectivity index (χ4v) is 3.73. The molecule has 2 aromatic carbocycles. The van der Waals surface area contributed by atoms with Gasteiger partial charge in [-0.05, 0) is 54.8 Å². The smallest absolute Gasteiger partial charge is 0.406 e. The van der Waals surface area contributed by atoms with E-state index in [0.29, 0.717) is 16.8 Å². The summed E-state index contributed by atoms with van der Waals surface area (Å²) in [5.41, 5.74) is 1.65. The number of hydrogen-bond acceptors (Lipinski definition) is 3. The van der Waals surface area contributed by atoms with Crippen LogP contribution < -0.4 is 10.1 Å². The van der Waals surface area contributed by atoms with Gasteiger partial charge in [0.25, 0.3) is 5.91 Å². The molecule has 0 bridgehead atoms. The Morgan fingerprint density at radius 3 is 2.19 bits per heavy atom. The van der Waals surface area contributed by atoms with Crippen molar-refractivity contribution in [2.24, 2.45) is 0 Å². The van der Waals surface area contributed by atoms with Crippen LogP contribution in [-0.4, -0.2) is 36.2 Å². The molecule has 1 aliphatic rings. The fraction of sp³-hybridized carbons (Fsp3) is 0.391. The number of halogens is 3. The maximum atomic E-state index is 12.7. The Morgan fingerprint density at radius 2 is 1.61 bits per heavy atom. The van der Waals surface area contributed by atoms with E-state index < -0.39 is 6.36 Å². The second-order valence-electron chi connectivity index (χ2n) is 7.70. The van der Waals surface area contributed by atoms with Gasteiger partial charge < -0.3 is 15.0 Å². The molecule has 1 aliphatic carbocycles. The lowest BCUT2D eigenvalue weighted by Gasteiger charge is -2.31. The number of rotatable bonds is 6. The van der Waals surface area contributed by atoms with Crippen molar-refractivity contribution in [2.45, 2.75) is 50.9 Å². The number of nitrogens with one attached hydrogen (secondary N) is 1. The van der Waals surface area contributed by atoms with Crippen molar-refractivity contribution in [1.82, 2.24) is 4.90 Å². The van der Waals surface area contributed by atoms with E-state index in [4.69, 9.17) is 0 Å². The number of ether oxygens (including phenoxy) is 1. The lowest BCUT2D eigenvalue weighted by Crippen LogP contribution is -2.38. The SMILES string of the molecule is CN(C(=O)c1ccc(NC(=O)Cc2ccc(OC(F)(F)F)cc2)cc1)C1CCCCC1. The van der Waals surface area contributed by atoms with Crippen LogP contribution in [0.15, 0.2) is 48.5 Å². The molecular formula is C23H25F3N2O3. The highest BCUT2D eigenvalue weighted by Gasteiger charge is 2.31. The lowest BCUT2D eigenvalue weighted by molar-refractivity contribution is -0.274. The molecule has 2 aromatic rings. The second kappa shape index (κ2) is 9.85. The van der Waals surface area contributed by atoms with Crippen LogP contribution in [-0.2, 0) is 11.2 Å². The molecule has 0 heterocycles. The van der Waals surface area contributed by atoms with Crippen LogP contribution in [0, 0.1) is 0 Å². The highest BCUT2D eigenvalue weighted by Crippen LogP contribution is 2.24. The summed E-state index contributed by atoms with van der Waals surface area (Å²) in [6.45, 7) is 0. The zero-order valence-corrected chi connectivity index (χ0v) is 17.2. The van der Waals surface area contributed by atoms with Gasteiger partial charge in [0.2, 0.25) is 5.91 Å². The summed E-state index contributed by atoms with van der Waals surface area (Å²) in [5.74, 6) is -0.691. The van der Waals surface area contributed by atoms with Gasteiger partial charge in [0.05, 0.1) is 6.42 Å². The Hall–Kier alpha value is -3.03. The summed E-state index contributed by atoms with van der Waals surface area (Å²) >= 11 is 0. The molecule has 31 heavy (non-hydrogen) atoms. The molecule has 3 rings (SSSR count). The van der Waals surface area contributed by atoms with E-state index in [1.807, 2.05) is 7.05 Å². The summed E-state index contributed by atoms with van der Waals surface area (Å²) in [6, 6.07) is 12.1. The van der Waals surface area contributed by atoms with Gasteiger partial charge in [-0.3, -0.25) is 9.59 Å². The molecule has 0 radical (unpaired) electrons. The first-order valence-corrected chi connectivity index (χ1v) is 10.2. The first kappa shape index (κ1) is 22.7. The molecular weight excluding hydrogens is 409 g/mol. The van der Waals surface area contributed by atoms with Gasteiger partial charge in [0.15, 0.2) is 0 Å². The predicted octanol–water partition coefficient (Wildman–Crippen LogP) is 5.17. The normalized spacial score (nSPS) is 14.7. The second-order valence-corrected chi connectivity index (χ2v) is 7.70. The first-order chi connectivity index (χ1) is 14.7. The topological polar surface area (TPSA) is 58.6 Å². The van der Waals surface area contributed by atoms with Crippen molar-refractivity contribution in [3.63, 3.8) is 0 Å².